The molecule has 0 bridgehead atoms. The summed E-state index contributed by atoms with van der Waals surface area (Å²) in [6.45, 7) is 6.73. The number of hydrogen-bond donors (Lipinski definition) is 1. The molecule has 0 aromatic heterocycles. The molecule has 0 aliphatic rings. The molecule has 0 aliphatic carbocycles. The van der Waals surface area contributed by atoms with Gasteiger partial charge in [0, 0.05) is 0 Å². The zero-order chi connectivity index (χ0) is 15.5. The molecule has 110 valence electrons. The highest BCUT2D eigenvalue weighted by Crippen LogP contribution is 2.20. The summed E-state index contributed by atoms with van der Waals surface area (Å²) in [5, 5.41) is 2.48. The van der Waals surface area contributed by atoms with Crippen LogP contribution in [-0.4, -0.2) is 23.5 Å². The summed E-state index contributed by atoms with van der Waals surface area (Å²) in [4.78, 5) is 23.7. The van der Waals surface area contributed by atoms with E-state index in [0.29, 0.717) is 0 Å². The van der Waals surface area contributed by atoms with Crippen LogP contribution in [-0.2, 0) is 9.53 Å². The van der Waals surface area contributed by atoms with Gasteiger partial charge >= 0.3 is 5.97 Å². The lowest BCUT2D eigenvalue weighted by Crippen LogP contribution is -2.42. The minimum Gasteiger partial charge on any atom is -0.458 e. The van der Waals surface area contributed by atoms with Gasteiger partial charge < -0.3 is 10.1 Å². The third-order valence-corrected chi connectivity index (χ3v) is 3.11. The van der Waals surface area contributed by atoms with Gasteiger partial charge in [-0.05, 0) is 55.8 Å². The molecule has 6 heteroatoms. The number of amides is 1. The van der Waals surface area contributed by atoms with Gasteiger partial charge in [0.2, 0.25) is 0 Å². The first-order valence-corrected chi connectivity index (χ1v) is 6.89. The van der Waals surface area contributed by atoms with E-state index >= 15 is 0 Å². The fourth-order valence-electron chi connectivity index (χ4n) is 1.40. The van der Waals surface area contributed by atoms with Crippen molar-refractivity contribution in [2.45, 2.75) is 39.3 Å². The van der Waals surface area contributed by atoms with Crippen LogP contribution < -0.4 is 5.32 Å². The van der Waals surface area contributed by atoms with Crippen LogP contribution in [0.1, 0.15) is 38.1 Å². The van der Waals surface area contributed by atoms with Gasteiger partial charge in [-0.25, -0.2) is 9.18 Å². The molecule has 0 radical (unpaired) electrons. The summed E-state index contributed by atoms with van der Waals surface area (Å²) in [5.74, 6) is -1.63. The van der Waals surface area contributed by atoms with E-state index in [0.717, 1.165) is 0 Å². The molecule has 0 spiro atoms. The molecule has 0 saturated carbocycles. The molecule has 0 fully saturated rings. The second-order valence-corrected chi connectivity index (χ2v) is 6.12. The maximum Gasteiger partial charge on any atom is 0.328 e. The average molecular weight is 346 g/mol. The third kappa shape index (κ3) is 4.59. The van der Waals surface area contributed by atoms with Gasteiger partial charge in [-0.3, -0.25) is 4.79 Å². The standard InChI is InChI=1S/C14H17BrFNO3/c1-8(13(19)20-14(2,3)4)17-12(18)9-6-5-7-10(16)11(9)15/h5-8H,1-4H3,(H,17,18)/t8-/m0/s1. The van der Waals surface area contributed by atoms with Crippen molar-refractivity contribution in [2.24, 2.45) is 0 Å². The molecule has 1 amide bonds. The summed E-state index contributed by atoms with van der Waals surface area (Å²) in [6, 6.07) is 3.30. The van der Waals surface area contributed by atoms with Crippen molar-refractivity contribution in [3.8, 4) is 0 Å². The first kappa shape index (κ1) is 16.6. The van der Waals surface area contributed by atoms with Crippen LogP contribution in [0.5, 0.6) is 0 Å². The van der Waals surface area contributed by atoms with Crippen molar-refractivity contribution in [3.63, 3.8) is 0 Å². The molecule has 1 aromatic carbocycles. The highest BCUT2D eigenvalue weighted by atomic mass is 79.9. The lowest BCUT2D eigenvalue weighted by atomic mass is 10.1. The van der Waals surface area contributed by atoms with E-state index in [2.05, 4.69) is 21.2 Å². The molecule has 4 nitrogen and oxygen atoms in total. The van der Waals surface area contributed by atoms with Gasteiger partial charge in [-0.2, -0.15) is 0 Å². The van der Waals surface area contributed by atoms with Crippen molar-refractivity contribution in [3.05, 3.63) is 34.1 Å². The smallest absolute Gasteiger partial charge is 0.328 e. The molecule has 20 heavy (non-hydrogen) atoms. The number of esters is 1. The van der Waals surface area contributed by atoms with Gasteiger partial charge in [0.05, 0.1) is 10.0 Å². The van der Waals surface area contributed by atoms with E-state index < -0.39 is 29.3 Å². The summed E-state index contributed by atoms with van der Waals surface area (Å²) in [6.07, 6.45) is 0. The highest BCUT2D eigenvalue weighted by molar-refractivity contribution is 9.10. The molecule has 1 N–H and O–H groups in total. The molecular formula is C14H17BrFNO3. The number of benzene rings is 1. The largest absolute Gasteiger partial charge is 0.458 e. The molecule has 0 heterocycles. The van der Waals surface area contributed by atoms with Crippen molar-refractivity contribution in [1.82, 2.24) is 5.32 Å². The van der Waals surface area contributed by atoms with Gasteiger partial charge in [-0.15, -0.1) is 0 Å². The highest BCUT2D eigenvalue weighted by Gasteiger charge is 2.24. The SMILES string of the molecule is C[C@H](NC(=O)c1cccc(F)c1Br)C(=O)OC(C)(C)C. The van der Waals surface area contributed by atoms with E-state index in [1.807, 2.05) is 0 Å². The minimum absolute atomic E-state index is 0.0638. The summed E-state index contributed by atoms with van der Waals surface area (Å²) >= 11 is 3.00. The van der Waals surface area contributed by atoms with Crippen molar-refractivity contribution >= 4 is 27.8 Å². The van der Waals surface area contributed by atoms with E-state index in [1.54, 1.807) is 20.8 Å². The number of carbonyl (C=O) groups excluding carboxylic acids is 2. The number of carbonyl (C=O) groups is 2. The Kier molecular flexibility index (Phi) is 5.28. The van der Waals surface area contributed by atoms with Gasteiger partial charge in [0.25, 0.3) is 5.91 Å². The van der Waals surface area contributed by atoms with Crippen LogP contribution in [0.4, 0.5) is 4.39 Å². The van der Waals surface area contributed by atoms with Gasteiger partial charge in [0.15, 0.2) is 0 Å². The Hall–Kier alpha value is -1.43. The second-order valence-electron chi connectivity index (χ2n) is 5.33. The summed E-state index contributed by atoms with van der Waals surface area (Å²) in [5.41, 5.74) is -0.504. The quantitative estimate of drug-likeness (QED) is 0.856. The lowest BCUT2D eigenvalue weighted by Gasteiger charge is -2.22. The minimum atomic E-state index is -0.822. The predicted molar refractivity (Wildman–Crippen MR) is 76.9 cm³/mol. The van der Waals surface area contributed by atoms with Crippen molar-refractivity contribution < 1.29 is 18.7 Å². The van der Waals surface area contributed by atoms with Gasteiger partial charge in [-0.1, -0.05) is 6.07 Å². The Morgan fingerprint density at radius 3 is 2.50 bits per heavy atom. The fourth-order valence-corrected chi connectivity index (χ4v) is 1.85. The van der Waals surface area contributed by atoms with E-state index in [1.165, 1.54) is 25.1 Å². The van der Waals surface area contributed by atoms with Crippen molar-refractivity contribution in [1.29, 1.82) is 0 Å². The van der Waals surface area contributed by atoms with Crippen LogP contribution >= 0.6 is 15.9 Å². The van der Waals surface area contributed by atoms with Crippen molar-refractivity contribution in [2.75, 3.05) is 0 Å². The number of ether oxygens (including phenoxy) is 1. The topological polar surface area (TPSA) is 55.4 Å². The zero-order valence-corrected chi connectivity index (χ0v) is 13.4. The molecule has 1 rings (SSSR count). The molecule has 0 unspecified atom stereocenters. The Morgan fingerprint density at radius 1 is 1.35 bits per heavy atom. The number of hydrogen-bond acceptors (Lipinski definition) is 3. The predicted octanol–water partition coefficient (Wildman–Crippen LogP) is 3.05. The fraction of sp³-hybridized carbons (Fsp3) is 0.429. The normalized spacial score (nSPS) is 12.7. The maximum atomic E-state index is 13.3. The van der Waals surface area contributed by atoms with Crippen LogP contribution in [0.3, 0.4) is 0 Å². The first-order chi connectivity index (χ1) is 9.11. The molecule has 1 aromatic rings. The van der Waals surface area contributed by atoms with Crippen LogP contribution in [0.15, 0.2) is 22.7 Å². The Labute approximate surface area is 125 Å². The zero-order valence-electron chi connectivity index (χ0n) is 11.8. The third-order valence-electron chi connectivity index (χ3n) is 2.30. The Balaban J connectivity index is 2.76. The lowest BCUT2D eigenvalue weighted by molar-refractivity contribution is -0.156. The molecular weight excluding hydrogens is 329 g/mol. The van der Waals surface area contributed by atoms with E-state index in [9.17, 15) is 14.0 Å². The van der Waals surface area contributed by atoms with Gasteiger partial charge in [0.1, 0.15) is 17.5 Å². The molecule has 1 atom stereocenters. The number of rotatable bonds is 3. The van der Waals surface area contributed by atoms with Crippen LogP contribution in [0.25, 0.3) is 0 Å². The monoisotopic (exact) mass is 345 g/mol. The van der Waals surface area contributed by atoms with E-state index in [4.69, 9.17) is 4.74 Å². The Morgan fingerprint density at radius 2 is 1.95 bits per heavy atom. The first-order valence-electron chi connectivity index (χ1n) is 6.09. The summed E-state index contributed by atoms with van der Waals surface area (Å²) < 4.78 is 18.6. The Bertz CT molecular complexity index is 526. The average Bonchev–Trinajstić information content (AvgIpc) is 2.30. The molecule has 0 aliphatic heterocycles. The second kappa shape index (κ2) is 6.35. The van der Waals surface area contributed by atoms with Crippen LogP contribution in [0.2, 0.25) is 0 Å². The molecule has 0 saturated heterocycles. The van der Waals surface area contributed by atoms with Crippen LogP contribution in [0, 0.1) is 5.82 Å². The maximum absolute atomic E-state index is 13.3. The number of nitrogens with one attached hydrogen (secondary N) is 1. The van der Waals surface area contributed by atoms with E-state index in [-0.39, 0.29) is 10.0 Å². The summed E-state index contributed by atoms with van der Waals surface area (Å²) in [7, 11) is 0. The number of halogens is 2.